The molecular formula is C26H29F5N4O2. The molecule has 1 unspecified atom stereocenters. The van der Waals surface area contributed by atoms with Crippen molar-refractivity contribution in [3.8, 4) is 0 Å². The monoisotopic (exact) mass is 524 g/mol. The molecule has 3 fully saturated rings. The molecule has 0 spiro atoms. The number of carbonyl (C=O) groups is 1. The summed E-state index contributed by atoms with van der Waals surface area (Å²) in [5.74, 6) is -1.53. The Morgan fingerprint density at radius 3 is 2.41 bits per heavy atom. The van der Waals surface area contributed by atoms with E-state index in [0.29, 0.717) is 12.0 Å². The topological polar surface area (TPSA) is 66.4 Å². The Kier molecular flexibility index (Phi) is 6.54. The average Bonchev–Trinajstić information content (AvgIpc) is 3.44. The van der Waals surface area contributed by atoms with Crippen molar-refractivity contribution in [1.82, 2.24) is 14.8 Å². The lowest BCUT2D eigenvalue weighted by molar-refractivity contribution is 0.0648. The van der Waals surface area contributed by atoms with Crippen molar-refractivity contribution < 1.29 is 26.7 Å². The van der Waals surface area contributed by atoms with Gasteiger partial charge in [0.2, 0.25) is 0 Å². The van der Waals surface area contributed by atoms with Crippen molar-refractivity contribution in [3.05, 3.63) is 63.3 Å². The van der Waals surface area contributed by atoms with Gasteiger partial charge in [-0.3, -0.25) is 9.59 Å². The van der Waals surface area contributed by atoms with Gasteiger partial charge in [0, 0.05) is 36.5 Å². The van der Waals surface area contributed by atoms with Crippen LogP contribution in [0.2, 0.25) is 0 Å². The van der Waals surface area contributed by atoms with E-state index in [4.69, 9.17) is 0 Å². The third-order valence-electron chi connectivity index (χ3n) is 8.21. The zero-order valence-corrected chi connectivity index (χ0v) is 20.5. The first-order chi connectivity index (χ1) is 17.5. The minimum Gasteiger partial charge on any atom is -0.381 e. The number of nitrogens with zero attached hydrogens (tertiary/aromatic N) is 2. The summed E-state index contributed by atoms with van der Waals surface area (Å²) in [6.45, 7) is 2.31. The third-order valence-corrected chi connectivity index (χ3v) is 8.21. The minimum atomic E-state index is -3.02. The zero-order valence-electron chi connectivity index (χ0n) is 20.5. The van der Waals surface area contributed by atoms with Gasteiger partial charge in [0.1, 0.15) is 11.4 Å². The molecule has 1 aliphatic heterocycles. The lowest BCUT2D eigenvalue weighted by Gasteiger charge is -2.30. The van der Waals surface area contributed by atoms with Crippen LogP contribution in [0.4, 0.5) is 27.6 Å². The van der Waals surface area contributed by atoms with Gasteiger partial charge in [0.25, 0.3) is 24.3 Å². The first-order valence-corrected chi connectivity index (χ1v) is 12.4. The van der Waals surface area contributed by atoms with Crippen LogP contribution in [-0.2, 0) is 5.54 Å². The normalized spacial score (nSPS) is 25.1. The molecule has 11 heteroatoms. The number of anilines is 1. The van der Waals surface area contributed by atoms with E-state index >= 15 is 0 Å². The largest absolute Gasteiger partial charge is 0.381 e. The SMILES string of the molecule is CC(NC(=O)c1cn(C2(C(F)F)CC2)c(=O)cc1N[C@@H]1C[C@H]2C[C@@H]1CN2C)c1cccc(C(F)F)c1F. The van der Waals surface area contributed by atoms with Crippen molar-refractivity contribution in [1.29, 1.82) is 0 Å². The fourth-order valence-corrected chi connectivity index (χ4v) is 5.85. The maximum absolute atomic E-state index is 14.7. The molecule has 1 saturated heterocycles. The zero-order chi connectivity index (χ0) is 26.6. The average molecular weight is 525 g/mol. The van der Waals surface area contributed by atoms with Crippen LogP contribution in [0.3, 0.4) is 0 Å². The van der Waals surface area contributed by atoms with Gasteiger partial charge in [-0.05, 0) is 45.6 Å². The second-order valence-electron chi connectivity index (χ2n) is 10.5. The molecule has 6 nitrogen and oxygen atoms in total. The van der Waals surface area contributed by atoms with Crippen molar-refractivity contribution in [2.75, 3.05) is 18.9 Å². The van der Waals surface area contributed by atoms with Crippen LogP contribution in [0.1, 0.15) is 66.6 Å². The number of hydrogen-bond acceptors (Lipinski definition) is 4. The van der Waals surface area contributed by atoms with Gasteiger partial charge >= 0.3 is 0 Å². The lowest BCUT2D eigenvalue weighted by Crippen LogP contribution is -2.40. The van der Waals surface area contributed by atoms with E-state index in [9.17, 15) is 31.5 Å². The molecule has 1 aromatic carbocycles. The molecule has 1 aromatic heterocycles. The molecule has 2 heterocycles. The fraction of sp³-hybridized carbons (Fsp3) is 0.538. The summed E-state index contributed by atoms with van der Waals surface area (Å²) in [7, 11) is 2.05. The number of pyridine rings is 1. The van der Waals surface area contributed by atoms with Crippen molar-refractivity contribution in [3.63, 3.8) is 0 Å². The predicted octanol–water partition coefficient (Wildman–Crippen LogP) is 4.67. The number of aromatic nitrogens is 1. The molecule has 1 amide bonds. The number of nitrogens with one attached hydrogen (secondary N) is 2. The summed E-state index contributed by atoms with van der Waals surface area (Å²) >= 11 is 0. The van der Waals surface area contributed by atoms with Gasteiger partial charge in [0.05, 0.1) is 22.9 Å². The molecule has 3 aliphatic rings. The standard InChI is InChI=1S/C26H29F5N4O2/c1-13(16-4-3-5-17(22(16)27)23(28)29)32-24(37)18-12-35(26(6-7-26)25(30)31)21(36)10-20(18)33-19-9-15-8-14(19)11-34(15)2/h3-5,10,12-15,19,23,25,33H,6-9,11H2,1-2H3,(H,32,37)/t13?,14-,15-,19-/m1/s1. The van der Waals surface area contributed by atoms with E-state index < -0.39 is 47.3 Å². The van der Waals surface area contributed by atoms with Gasteiger partial charge < -0.3 is 20.1 Å². The fourth-order valence-electron chi connectivity index (χ4n) is 5.85. The third kappa shape index (κ3) is 4.51. The molecule has 37 heavy (non-hydrogen) atoms. The molecule has 0 radical (unpaired) electrons. The van der Waals surface area contributed by atoms with Gasteiger partial charge in [-0.1, -0.05) is 18.2 Å². The number of amides is 1. The Morgan fingerprint density at radius 2 is 1.84 bits per heavy atom. The molecule has 2 bridgehead atoms. The van der Waals surface area contributed by atoms with Crippen LogP contribution in [0, 0.1) is 11.7 Å². The first-order valence-electron chi connectivity index (χ1n) is 12.4. The van der Waals surface area contributed by atoms with Gasteiger partial charge in [-0.2, -0.15) is 0 Å². The predicted molar refractivity (Wildman–Crippen MR) is 128 cm³/mol. The smallest absolute Gasteiger partial charge is 0.266 e. The van der Waals surface area contributed by atoms with Crippen LogP contribution in [-0.4, -0.2) is 47.5 Å². The van der Waals surface area contributed by atoms with E-state index in [0.717, 1.165) is 36.2 Å². The highest BCUT2D eigenvalue weighted by molar-refractivity contribution is 5.99. The van der Waals surface area contributed by atoms with E-state index in [1.54, 1.807) is 0 Å². The number of benzene rings is 1. The van der Waals surface area contributed by atoms with Crippen molar-refractivity contribution >= 4 is 11.6 Å². The maximum atomic E-state index is 14.7. The highest BCUT2D eigenvalue weighted by Crippen LogP contribution is 2.48. The van der Waals surface area contributed by atoms with Crippen molar-refractivity contribution in [2.45, 2.75) is 69.1 Å². The van der Waals surface area contributed by atoms with Crippen LogP contribution >= 0.6 is 0 Å². The Balaban J connectivity index is 1.47. The number of alkyl halides is 4. The first kappa shape index (κ1) is 25.7. The van der Waals surface area contributed by atoms with E-state index in [1.807, 2.05) is 7.05 Å². The number of piperidine rings is 1. The van der Waals surface area contributed by atoms with Gasteiger partial charge in [0.15, 0.2) is 0 Å². The molecule has 2 aromatic rings. The Morgan fingerprint density at radius 1 is 1.14 bits per heavy atom. The van der Waals surface area contributed by atoms with Gasteiger partial charge in [-0.15, -0.1) is 0 Å². The summed E-state index contributed by atoms with van der Waals surface area (Å²) in [6.07, 6.45) is -2.64. The number of halogens is 5. The summed E-state index contributed by atoms with van der Waals surface area (Å²) in [6, 6.07) is 4.12. The molecule has 2 N–H and O–H groups in total. The van der Waals surface area contributed by atoms with E-state index in [2.05, 4.69) is 15.5 Å². The van der Waals surface area contributed by atoms with Gasteiger partial charge in [-0.25, -0.2) is 22.0 Å². The van der Waals surface area contributed by atoms with Crippen LogP contribution < -0.4 is 16.2 Å². The summed E-state index contributed by atoms with van der Waals surface area (Å²) < 4.78 is 69.6. The Bertz CT molecular complexity index is 1260. The summed E-state index contributed by atoms with van der Waals surface area (Å²) in [5, 5.41) is 5.90. The van der Waals surface area contributed by atoms with Crippen LogP contribution in [0.5, 0.6) is 0 Å². The van der Waals surface area contributed by atoms with E-state index in [-0.39, 0.29) is 35.7 Å². The highest BCUT2D eigenvalue weighted by atomic mass is 19.3. The molecule has 200 valence electrons. The molecule has 2 saturated carbocycles. The minimum absolute atomic E-state index is 0.00516. The highest BCUT2D eigenvalue weighted by Gasteiger charge is 2.54. The lowest BCUT2D eigenvalue weighted by atomic mass is 10.0. The molecule has 2 aliphatic carbocycles. The van der Waals surface area contributed by atoms with E-state index in [1.165, 1.54) is 25.1 Å². The quantitative estimate of drug-likeness (QED) is 0.493. The summed E-state index contributed by atoms with van der Waals surface area (Å²) in [4.78, 5) is 28.6. The second-order valence-corrected chi connectivity index (χ2v) is 10.5. The number of fused-ring (bicyclic) bond motifs is 2. The number of rotatable bonds is 8. The Hall–Kier alpha value is -2.95. The van der Waals surface area contributed by atoms with Crippen molar-refractivity contribution in [2.24, 2.45) is 5.92 Å². The molecule has 5 rings (SSSR count). The Labute approximate surface area is 210 Å². The number of hydrogen-bond donors (Lipinski definition) is 2. The maximum Gasteiger partial charge on any atom is 0.266 e. The van der Waals surface area contributed by atoms with Crippen LogP contribution in [0.15, 0.2) is 35.3 Å². The molecule has 4 atom stereocenters. The summed E-state index contributed by atoms with van der Waals surface area (Å²) in [5.41, 5.74) is -3.00. The van der Waals surface area contributed by atoms with Crippen LogP contribution in [0.25, 0.3) is 0 Å². The number of likely N-dealkylation sites (tertiary alicyclic amines) is 1. The number of carbonyl (C=O) groups excluding carboxylic acids is 1. The second kappa shape index (κ2) is 9.41. The molecular weight excluding hydrogens is 495 g/mol.